The van der Waals surface area contributed by atoms with E-state index in [9.17, 15) is 17.9 Å². The maximum Gasteiger partial charge on any atom is 0.215 e. The molecule has 31 heavy (non-hydrogen) atoms. The molecule has 9 nitrogen and oxygen atoms in total. The van der Waals surface area contributed by atoms with Gasteiger partial charge in [0, 0.05) is 30.4 Å². The van der Waals surface area contributed by atoms with Gasteiger partial charge < -0.3 is 20.3 Å². The molecule has 0 saturated heterocycles. The van der Waals surface area contributed by atoms with Crippen LogP contribution in [0.1, 0.15) is 20.8 Å². The molecule has 0 saturated carbocycles. The van der Waals surface area contributed by atoms with E-state index in [-0.39, 0.29) is 23.0 Å². The molecular weight excluding hydrogens is 427 g/mol. The zero-order chi connectivity index (χ0) is 23.0. The summed E-state index contributed by atoms with van der Waals surface area (Å²) in [6.45, 7) is 4.31. The predicted molar refractivity (Wildman–Crippen MR) is 113 cm³/mol. The molecule has 3 N–H and O–H groups in total. The van der Waals surface area contributed by atoms with Gasteiger partial charge >= 0.3 is 0 Å². The third kappa shape index (κ3) is 4.48. The van der Waals surface area contributed by atoms with Crippen molar-refractivity contribution in [3.8, 4) is 17.0 Å². The largest absolute Gasteiger partial charge is 0.495 e. The van der Waals surface area contributed by atoms with E-state index in [1.807, 2.05) is 0 Å². The number of aliphatic hydroxyl groups excluding tert-OH is 2. The number of aromatic nitrogens is 3. The van der Waals surface area contributed by atoms with Crippen LogP contribution < -0.4 is 10.1 Å². The Hall–Kier alpha value is -2.76. The highest BCUT2D eigenvalue weighted by molar-refractivity contribution is 7.92. The maximum absolute atomic E-state index is 14.2. The van der Waals surface area contributed by atoms with Crippen molar-refractivity contribution in [3.05, 3.63) is 36.5 Å². The molecule has 0 fully saturated rings. The molecule has 0 aliphatic rings. The summed E-state index contributed by atoms with van der Waals surface area (Å²) in [5.41, 5.74) is 1.25. The van der Waals surface area contributed by atoms with E-state index >= 15 is 0 Å². The second-order valence-electron chi connectivity index (χ2n) is 7.97. The number of hydrogen-bond acceptors (Lipinski definition) is 8. The number of ether oxygens (including phenoxy) is 1. The summed E-state index contributed by atoms with van der Waals surface area (Å²) in [5, 5.41) is 21.2. The molecule has 3 aromatic rings. The fourth-order valence-corrected chi connectivity index (χ4v) is 4.22. The number of pyridine rings is 2. The molecule has 11 heteroatoms. The molecule has 0 spiro atoms. The van der Waals surface area contributed by atoms with E-state index in [4.69, 9.17) is 9.84 Å². The number of methoxy groups -OCH3 is 1. The zero-order valence-electron chi connectivity index (χ0n) is 17.6. The molecule has 3 heterocycles. The fraction of sp³-hybridized carbons (Fsp3) is 0.400. The Balaban J connectivity index is 2.15. The number of nitrogens with one attached hydrogen (secondary N) is 1. The van der Waals surface area contributed by atoms with Crippen LogP contribution in [-0.4, -0.2) is 64.1 Å². The summed E-state index contributed by atoms with van der Waals surface area (Å²) in [6.07, 6.45) is 1.88. The van der Waals surface area contributed by atoms with Crippen molar-refractivity contribution < 1.29 is 27.8 Å². The Morgan fingerprint density at radius 3 is 2.61 bits per heavy atom. The smallest absolute Gasteiger partial charge is 0.215 e. The van der Waals surface area contributed by atoms with Crippen molar-refractivity contribution in [1.29, 1.82) is 0 Å². The van der Waals surface area contributed by atoms with Gasteiger partial charge in [0.05, 0.1) is 36.5 Å². The second-order valence-corrected chi connectivity index (χ2v) is 10.6. The second kappa shape index (κ2) is 8.40. The van der Waals surface area contributed by atoms with E-state index in [0.29, 0.717) is 16.9 Å². The predicted octanol–water partition coefficient (Wildman–Crippen LogP) is 1.88. The van der Waals surface area contributed by atoms with Crippen LogP contribution in [-0.2, 0) is 9.84 Å². The highest BCUT2D eigenvalue weighted by Crippen LogP contribution is 2.34. The van der Waals surface area contributed by atoms with E-state index in [2.05, 4.69) is 15.3 Å². The molecule has 0 amide bonds. The molecule has 0 aromatic carbocycles. The molecular formula is C20H25FN4O5S. The first-order valence-electron chi connectivity index (χ1n) is 9.48. The topological polar surface area (TPSA) is 126 Å². The van der Waals surface area contributed by atoms with Gasteiger partial charge in [-0.3, -0.25) is 4.40 Å². The molecule has 1 atom stereocenters. The van der Waals surface area contributed by atoms with Gasteiger partial charge in [-0.25, -0.2) is 18.4 Å². The summed E-state index contributed by atoms with van der Waals surface area (Å²) in [4.78, 5) is 8.01. The summed E-state index contributed by atoms with van der Waals surface area (Å²) in [7, 11) is -2.37. The lowest BCUT2D eigenvalue weighted by molar-refractivity contribution is 0.105. The van der Waals surface area contributed by atoms with Gasteiger partial charge in [0.25, 0.3) is 0 Å². The van der Waals surface area contributed by atoms with Gasteiger partial charge in [0.15, 0.2) is 9.84 Å². The van der Waals surface area contributed by atoms with E-state index in [1.54, 1.807) is 31.2 Å². The minimum absolute atomic E-state index is 0.00630. The Labute approximate surface area is 179 Å². The van der Waals surface area contributed by atoms with Crippen LogP contribution >= 0.6 is 0 Å². The van der Waals surface area contributed by atoms with E-state index in [1.165, 1.54) is 31.6 Å². The van der Waals surface area contributed by atoms with Crippen LogP contribution in [0.4, 0.5) is 10.2 Å². The Morgan fingerprint density at radius 1 is 1.29 bits per heavy atom. The number of halogens is 1. The van der Waals surface area contributed by atoms with Crippen molar-refractivity contribution in [3.63, 3.8) is 0 Å². The summed E-state index contributed by atoms with van der Waals surface area (Å²) in [6, 6.07) is 4.24. The molecule has 0 radical (unpaired) electrons. The number of nitrogens with zero attached hydrogens (tertiary/aromatic N) is 3. The molecule has 3 aromatic heterocycles. The zero-order valence-corrected chi connectivity index (χ0v) is 18.4. The molecule has 0 unspecified atom stereocenters. The number of imidazole rings is 1. The Kier molecular flexibility index (Phi) is 6.21. The number of fused-ring (bicyclic) bond motifs is 1. The highest BCUT2D eigenvalue weighted by atomic mass is 32.2. The van der Waals surface area contributed by atoms with Crippen LogP contribution in [0, 0.1) is 5.95 Å². The summed E-state index contributed by atoms with van der Waals surface area (Å²) < 4.78 is 46.1. The lowest BCUT2D eigenvalue weighted by Crippen LogP contribution is -2.28. The molecule has 168 valence electrons. The van der Waals surface area contributed by atoms with Crippen molar-refractivity contribution >= 4 is 21.3 Å². The van der Waals surface area contributed by atoms with Crippen molar-refractivity contribution in [2.24, 2.45) is 0 Å². The van der Waals surface area contributed by atoms with Gasteiger partial charge in [-0.2, -0.15) is 4.39 Å². The molecule has 3 rings (SSSR count). The van der Waals surface area contributed by atoms with Crippen LogP contribution in [0.15, 0.2) is 35.5 Å². The van der Waals surface area contributed by atoms with Crippen molar-refractivity contribution in [2.45, 2.75) is 36.5 Å². The van der Waals surface area contributed by atoms with Crippen molar-refractivity contribution in [1.82, 2.24) is 14.4 Å². The van der Waals surface area contributed by atoms with Gasteiger partial charge in [-0.05, 0) is 26.8 Å². The summed E-state index contributed by atoms with van der Waals surface area (Å²) in [5.74, 6) is -0.459. The van der Waals surface area contributed by atoms with Crippen LogP contribution in [0.2, 0.25) is 0 Å². The third-order valence-electron chi connectivity index (χ3n) is 4.71. The van der Waals surface area contributed by atoms with Crippen molar-refractivity contribution in [2.75, 3.05) is 25.6 Å². The monoisotopic (exact) mass is 452 g/mol. The number of anilines is 1. The Morgan fingerprint density at radius 2 is 2.00 bits per heavy atom. The normalized spacial score (nSPS) is 13.4. The molecule has 0 aliphatic carbocycles. The molecule has 0 bridgehead atoms. The average molecular weight is 453 g/mol. The van der Waals surface area contributed by atoms with Gasteiger partial charge in [0.1, 0.15) is 22.1 Å². The average Bonchev–Trinajstić information content (AvgIpc) is 3.12. The molecule has 0 aliphatic heterocycles. The first-order chi connectivity index (χ1) is 14.5. The number of sulfone groups is 1. The fourth-order valence-electron chi connectivity index (χ4n) is 2.91. The van der Waals surface area contributed by atoms with Crippen LogP contribution in [0.25, 0.3) is 16.9 Å². The van der Waals surface area contributed by atoms with Gasteiger partial charge in [0.2, 0.25) is 5.95 Å². The standard InChI is InChI=1S/C20H25FN4O5S/c1-20(2,3)31(28,29)16-10-25-14(9-23-19(25)7-15(16)30-4)12-5-17(21)24-18(6-12)22-8-13(27)11-26/h5-7,9-10,13,26-27H,8,11H2,1-4H3,(H,22,24)/t13-/m1/s1. The SMILES string of the molecule is COc1cc2ncc(-c3cc(F)nc(NC[C@@H](O)CO)c3)n2cc1S(=O)(=O)C(C)(C)C. The third-order valence-corrected chi connectivity index (χ3v) is 7.21. The minimum Gasteiger partial charge on any atom is -0.495 e. The highest BCUT2D eigenvalue weighted by Gasteiger charge is 2.34. The lowest BCUT2D eigenvalue weighted by Gasteiger charge is -2.21. The number of hydrogen-bond donors (Lipinski definition) is 3. The quantitative estimate of drug-likeness (QED) is 0.464. The lowest BCUT2D eigenvalue weighted by atomic mass is 10.2. The van der Waals surface area contributed by atoms with E-state index in [0.717, 1.165) is 0 Å². The van der Waals surface area contributed by atoms with Crippen LogP contribution in [0.5, 0.6) is 5.75 Å². The number of aliphatic hydroxyl groups is 2. The minimum atomic E-state index is -3.75. The van der Waals surface area contributed by atoms with Gasteiger partial charge in [-0.15, -0.1) is 0 Å². The van der Waals surface area contributed by atoms with Crippen LogP contribution in [0.3, 0.4) is 0 Å². The first kappa shape index (κ1) is 22.9. The number of rotatable bonds is 7. The van der Waals surface area contributed by atoms with E-state index < -0.39 is 33.2 Å². The van der Waals surface area contributed by atoms with Gasteiger partial charge in [-0.1, -0.05) is 0 Å². The Bertz CT molecular complexity index is 1200. The summed E-state index contributed by atoms with van der Waals surface area (Å²) >= 11 is 0. The maximum atomic E-state index is 14.2. The first-order valence-corrected chi connectivity index (χ1v) is 11.0.